The molecule has 2 nitrogen and oxygen atoms in total. The van der Waals surface area contributed by atoms with E-state index in [1.165, 1.54) is 0 Å². The van der Waals surface area contributed by atoms with Crippen LogP contribution in [0.4, 0.5) is 0 Å². The largest absolute Gasteiger partial charge is 0.393 e. The van der Waals surface area contributed by atoms with Crippen LogP contribution in [-0.2, 0) is 4.74 Å². The summed E-state index contributed by atoms with van der Waals surface area (Å²) in [6.45, 7) is 2.07. The van der Waals surface area contributed by atoms with Gasteiger partial charge in [0.2, 0.25) is 0 Å². The Kier molecular flexibility index (Phi) is 2.95. The van der Waals surface area contributed by atoms with Gasteiger partial charge in [-0.2, -0.15) is 0 Å². The predicted octanol–water partition coefficient (Wildman–Crippen LogP) is 1.16. The number of aliphatic hydroxyl groups excluding tert-OH is 1. The van der Waals surface area contributed by atoms with Gasteiger partial charge in [0, 0.05) is 3.92 Å². The molecule has 4 heteroatoms. The summed E-state index contributed by atoms with van der Waals surface area (Å²) in [6, 6.07) is 0. The van der Waals surface area contributed by atoms with E-state index in [1.54, 1.807) is 0 Å². The van der Waals surface area contributed by atoms with Crippen LogP contribution < -0.4 is 0 Å². The lowest BCUT2D eigenvalue weighted by molar-refractivity contribution is -0.0301. The van der Waals surface area contributed by atoms with Gasteiger partial charge >= 0.3 is 0 Å². The number of aliphatic hydroxyl groups is 1. The zero-order valence-corrected chi connectivity index (χ0v) is 9.19. The molecule has 4 atom stereocenters. The normalized spacial score (nSPS) is 48.0. The number of hydrogen-bond acceptors (Lipinski definition) is 2. The van der Waals surface area contributed by atoms with Crippen LogP contribution in [0, 0.1) is 0 Å². The lowest BCUT2D eigenvalue weighted by Gasteiger charge is -2.24. The Hall–Kier alpha value is 1.08. The first-order valence-corrected chi connectivity index (χ1v) is 5.18. The summed E-state index contributed by atoms with van der Waals surface area (Å²) in [4.78, 5) is 0. The summed E-state index contributed by atoms with van der Waals surface area (Å²) >= 11 is 2.33. The summed E-state index contributed by atoms with van der Waals surface area (Å²) in [7, 11) is 2.63. The first-order chi connectivity index (χ1) is 4.58. The van der Waals surface area contributed by atoms with Gasteiger partial charge in [0.15, 0.2) is 0 Å². The highest BCUT2D eigenvalue weighted by atomic mass is 127. The van der Waals surface area contributed by atoms with Crippen LogP contribution in [0.3, 0.4) is 0 Å². The van der Waals surface area contributed by atoms with Gasteiger partial charge in [-0.25, -0.2) is 0 Å². The van der Waals surface area contributed by atoms with Crippen LogP contribution in [0.15, 0.2) is 0 Å². The van der Waals surface area contributed by atoms with Crippen molar-refractivity contribution in [2.75, 3.05) is 6.61 Å². The first-order valence-electron chi connectivity index (χ1n) is 3.27. The standard InChI is InChI=1S/C6H12IO2P/c1-6(3-8)4(7)2-5(10)9-6/h4-5,8H,2-3,10H2,1H3/t4-,5-,6+/m0/s1. The SMILES string of the molecule is C[C@]1(CO)O[C@@H](P)C[C@@H]1I. The maximum atomic E-state index is 8.97. The van der Waals surface area contributed by atoms with Gasteiger partial charge in [-0.05, 0) is 13.3 Å². The molecule has 10 heavy (non-hydrogen) atoms. The summed E-state index contributed by atoms with van der Waals surface area (Å²) in [5, 5.41) is 8.97. The van der Waals surface area contributed by atoms with E-state index in [-0.39, 0.29) is 18.1 Å². The Balaban J connectivity index is 2.61. The molecule has 0 saturated carbocycles. The minimum Gasteiger partial charge on any atom is -0.393 e. The third-order valence-electron chi connectivity index (χ3n) is 1.84. The molecule has 1 heterocycles. The molecule has 0 spiro atoms. The maximum absolute atomic E-state index is 8.97. The quantitative estimate of drug-likeness (QED) is 0.442. The van der Waals surface area contributed by atoms with Gasteiger partial charge < -0.3 is 9.84 Å². The molecule has 1 rings (SSSR count). The molecule has 1 unspecified atom stereocenters. The average Bonchev–Trinajstić information content (AvgIpc) is 2.09. The highest BCUT2D eigenvalue weighted by Crippen LogP contribution is 2.37. The third-order valence-corrected chi connectivity index (χ3v) is 4.07. The third kappa shape index (κ3) is 1.63. The Morgan fingerprint density at radius 1 is 1.90 bits per heavy atom. The predicted molar refractivity (Wildman–Crippen MR) is 52.5 cm³/mol. The molecule has 0 aliphatic carbocycles. The van der Waals surface area contributed by atoms with E-state index >= 15 is 0 Å². The Labute approximate surface area is 77.1 Å². The van der Waals surface area contributed by atoms with Gasteiger partial charge in [0.25, 0.3) is 0 Å². The molecule has 1 aliphatic rings. The van der Waals surface area contributed by atoms with E-state index in [1.807, 2.05) is 6.92 Å². The molecule has 1 aliphatic heterocycles. The second-order valence-corrected chi connectivity index (χ2v) is 5.08. The van der Waals surface area contributed by atoms with Crippen molar-refractivity contribution < 1.29 is 9.84 Å². The number of alkyl halides is 1. The average molecular weight is 274 g/mol. The van der Waals surface area contributed by atoms with Crippen molar-refractivity contribution in [1.82, 2.24) is 0 Å². The van der Waals surface area contributed by atoms with Crippen molar-refractivity contribution in [3.8, 4) is 0 Å². The maximum Gasteiger partial charge on any atom is 0.101 e. The van der Waals surface area contributed by atoms with Gasteiger partial charge in [0.1, 0.15) is 5.60 Å². The number of halogens is 1. The molecule has 0 amide bonds. The van der Waals surface area contributed by atoms with Crippen molar-refractivity contribution in [2.45, 2.75) is 28.7 Å². The fourth-order valence-electron chi connectivity index (χ4n) is 1.06. The minimum atomic E-state index is -0.313. The fraction of sp³-hybridized carbons (Fsp3) is 1.00. The van der Waals surface area contributed by atoms with Gasteiger partial charge in [0.05, 0.1) is 12.5 Å². The Morgan fingerprint density at radius 2 is 2.50 bits per heavy atom. The van der Waals surface area contributed by atoms with Crippen molar-refractivity contribution in [2.24, 2.45) is 0 Å². The summed E-state index contributed by atoms with van der Waals surface area (Å²) in [5.41, 5.74) is -0.313. The molecule has 0 aromatic heterocycles. The van der Waals surface area contributed by atoms with E-state index in [9.17, 15) is 0 Å². The van der Waals surface area contributed by atoms with E-state index < -0.39 is 0 Å². The Bertz CT molecular complexity index is 133. The van der Waals surface area contributed by atoms with Crippen LogP contribution in [0.2, 0.25) is 0 Å². The molecule has 1 saturated heterocycles. The van der Waals surface area contributed by atoms with Gasteiger partial charge in [-0.15, -0.1) is 9.24 Å². The molecule has 0 aromatic rings. The number of rotatable bonds is 1. The number of hydrogen-bond donors (Lipinski definition) is 1. The fourth-order valence-corrected chi connectivity index (χ4v) is 3.04. The lowest BCUT2D eigenvalue weighted by atomic mass is 10.1. The molecular weight excluding hydrogens is 262 g/mol. The van der Waals surface area contributed by atoms with Crippen molar-refractivity contribution >= 4 is 31.8 Å². The molecule has 60 valence electrons. The topological polar surface area (TPSA) is 29.5 Å². The van der Waals surface area contributed by atoms with Gasteiger partial charge in [-0.1, -0.05) is 22.6 Å². The van der Waals surface area contributed by atoms with E-state index in [0.29, 0.717) is 3.92 Å². The smallest absolute Gasteiger partial charge is 0.101 e. The van der Waals surface area contributed by atoms with Crippen LogP contribution in [0.5, 0.6) is 0 Å². The zero-order chi connectivity index (χ0) is 7.78. The lowest BCUT2D eigenvalue weighted by Crippen LogP contribution is -2.36. The second-order valence-electron chi connectivity index (χ2n) is 2.83. The minimum absolute atomic E-state index is 0.117. The molecule has 1 N–H and O–H groups in total. The van der Waals surface area contributed by atoms with E-state index in [2.05, 4.69) is 31.8 Å². The van der Waals surface area contributed by atoms with Crippen LogP contribution in [0.1, 0.15) is 13.3 Å². The van der Waals surface area contributed by atoms with E-state index in [4.69, 9.17) is 9.84 Å². The van der Waals surface area contributed by atoms with E-state index in [0.717, 1.165) is 6.42 Å². The zero-order valence-electron chi connectivity index (χ0n) is 5.88. The summed E-state index contributed by atoms with van der Waals surface area (Å²) < 4.78 is 5.94. The summed E-state index contributed by atoms with van der Waals surface area (Å²) in [5.74, 6) is 0.221. The molecule has 0 aromatic carbocycles. The van der Waals surface area contributed by atoms with Crippen LogP contribution in [-0.4, -0.2) is 27.1 Å². The molecule has 1 fully saturated rings. The Morgan fingerprint density at radius 3 is 2.70 bits per heavy atom. The van der Waals surface area contributed by atoms with Crippen molar-refractivity contribution in [3.63, 3.8) is 0 Å². The molecule has 0 radical (unpaired) electrons. The second kappa shape index (κ2) is 3.21. The van der Waals surface area contributed by atoms with Gasteiger partial charge in [-0.3, -0.25) is 0 Å². The van der Waals surface area contributed by atoms with Crippen molar-refractivity contribution in [3.05, 3.63) is 0 Å². The monoisotopic (exact) mass is 274 g/mol. The highest BCUT2D eigenvalue weighted by Gasteiger charge is 2.41. The first kappa shape index (κ1) is 9.17. The highest BCUT2D eigenvalue weighted by molar-refractivity contribution is 14.1. The van der Waals surface area contributed by atoms with Crippen LogP contribution >= 0.6 is 31.8 Å². The number of ether oxygens (including phenoxy) is 1. The van der Waals surface area contributed by atoms with Crippen LogP contribution in [0.25, 0.3) is 0 Å². The van der Waals surface area contributed by atoms with Crippen molar-refractivity contribution in [1.29, 1.82) is 0 Å². The molecule has 0 bridgehead atoms. The summed E-state index contributed by atoms with van der Waals surface area (Å²) in [6.07, 6.45) is 1.02. The molecular formula is C6H12IO2P.